The number of amides is 1. The minimum absolute atomic E-state index is 0.0599. The SMILES string of the molecule is O=C(NCCCOC1CCCCC1)c1cc(Cl)ccc1O. The van der Waals surface area contributed by atoms with Crippen LogP contribution < -0.4 is 5.32 Å². The lowest BCUT2D eigenvalue weighted by Gasteiger charge is -2.21. The molecule has 2 rings (SSSR count). The summed E-state index contributed by atoms with van der Waals surface area (Å²) in [5.74, 6) is -0.372. The molecule has 0 radical (unpaired) electrons. The maximum absolute atomic E-state index is 11.9. The van der Waals surface area contributed by atoms with E-state index in [1.54, 1.807) is 6.07 Å². The van der Waals surface area contributed by atoms with Gasteiger partial charge in [-0.2, -0.15) is 0 Å². The molecule has 0 atom stereocenters. The summed E-state index contributed by atoms with van der Waals surface area (Å²) in [5, 5.41) is 12.8. The zero-order valence-corrected chi connectivity index (χ0v) is 12.9. The van der Waals surface area contributed by atoms with Crippen LogP contribution in [0.5, 0.6) is 5.75 Å². The second-order valence-electron chi connectivity index (χ2n) is 5.40. The molecule has 0 bridgehead atoms. The van der Waals surface area contributed by atoms with E-state index in [1.165, 1.54) is 31.4 Å². The first-order valence-electron chi connectivity index (χ1n) is 7.55. The van der Waals surface area contributed by atoms with Gasteiger partial charge in [-0.3, -0.25) is 4.79 Å². The average molecular weight is 312 g/mol. The van der Waals surface area contributed by atoms with Crippen molar-refractivity contribution in [3.63, 3.8) is 0 Å². The quantitative estimate of drug-likeness (QED) is 0.790. The Morgan fingerprint density at radius 3 is 2.86 bits per heavy atom. The second-order valence-corrected chi connectivity index (χ2v) is 5.84. The van der Waals surface area contributed by atoms with E-state index in [-0.39, 0.29) is 17.2 Å². The zero-order chi connectivity index (χ0) is 15.1. The predicted molar refractivity (Wildman–Crippen MR) is 82.9 cm³/mol. The third-order valence-electron chi connectivity index (χ3n) is 3.72. The molecule has 1 aliphatic carbocycles. The Morgan fingerprint density at radius 1 is 1.33 bits per heavy atom. The molecule has 1 saturated carbocycles. The van der Waals surface area contributed by atoms with E-state index < -0.39 is 0 Å². The number of halogens is 1. The fourth-order valence-electron chi connectivity index (χ4n) is 2.54. The molecular weight excluding hydrogens is 290 g/mol. The number of benzene rings is 1. The van der Waals surface area contributed by atoms with Gasteiger partial charge in [0.2, 0.25) is 0 Å². The number of phenols is 1. The van der Waals surface area contributed by atoms with Crippen LogP contribution in [0.3, 0.4) is 0 Å². The number of hydrogen-bond donors (Lipinski definition) is 2. The van der Waals surface area contributed by atoms with E-state index >= 15 is 0 Å². The summed E-state index contributed by atoms with van der Waals surface area (Å²) in [7, 11) is 0. The lowest BCUT2D eigenvalue weighted by Crippen LogP contribution is -2.26. The summed E-state index contributed by atoms with van der Waals surface area (Å²) in [6, 6.07) is 4.43. The van der Waals surface area contributed by atoms with Crippen molar-refractivity contribution in [3.05, 3.63) is 28.8 Å². The Labute approximate surface area is 130 Å². The van der Waals surface area contributed by atoms with Gasteiger partial charge in [-0.05, 0) is 37.5 Å². The molecule has 21 heavy (non-hydrogen) atoms. The van der Waals surface area contributed by atoms with Crippen molar-refractivity contribution in [3.8, 4) is 5.75 Å². The predicted octanol–water partition coefficient (Wildman–Crippen LogP) is 3.51. The van der Waals surface area contributed by atoms with Crippen LogP contribution >= 0.6 is 11.6 Å². The Kier molecular flexibility index (Phi) is 6.33. The molecule has 1 aliphatic rings. The number of nitrogens with one attached hydrogen (secondary N) is 1. The van der Waals surface area contributed by atoms with E-state index in [2.05, 4.69) is 5.32 Å². The molecule has 0 aliphatic heterocycles. The van der Waals surface area contributed by atoms with Crippen molar-refractivity contribution < 1.29 is 14.6 Å². The molecule has 4 nitrogen and oxygen atoms in total. The van der Waals surface area contributed by atoms with Gasteiger partial charge in [-0.15, -0.1) is 0 Å². The molecule has 2 N–H and O–H groups in total. The van der Waals surface area contributed by atoms with Gasteiger partial charge in [0.05, 0.1) is 11.7 Å². The molecule has 116 valence electrons. The van der Waals surface area contributed by atoms with Gasteiger partial charge in [-0.25, -0.2) is 0 Å². The second kappa shape index (κ2) is 8.25. The van der Waals surface area contributed by atoms with Crippen molar-refractivity contribution in [2.45, 2.75) is 44.6 Å². The van der Waals surface area contributed by atoms with Crippen molar-refractivity contribution in [2.24, 2.45) is 0 Å². The van der Waals surface area contributed by atoms with Crippen LogP contribution in [0.25, 0.3) is 0 Å². The average Bonchev–Trinajstić information content (AvgIpc) is 2.50. The lowest BCUT2D eigenvalue weighted by atomic mass is 9.98. The molecule has 1 aromatic carbocycles. The monoisotopic (exact) mass is 311 g/mol. The Hall–Kier alpha value is -1.26. The van der Waals surface area contributed by atoms with Gasteiger partial charge in [-0.1, -0.05) is 30.9 Å². The smallest absolute Gasteiger partial charge is 0.255 e. The largest absolute Gasteiger partial charge is 0.507 e. The molecule has 0 heterocycles. The summed E-state index contributed by atoms with van der Waals surface area (Å²) in [5.41, 5.74) is 0.204. The fraction of sp³-hybridized carbons (Fsp3) is 0.562. The molecule has 0 saturated heterocycles. The number of carbonyl (C=O) groups excluding carboxylic acids is 1. The van der Waals surface area contributed by atoms with Crippen LogP contribution in [0.15, 0.2) is 18.2 Å². The van der Waals surface area contributed by atoms with Gasteiger partial charge < -0.3 is 15.2 Å². The Morgan fingerprint density at radius 2 is 2.10 bits per heavy atom. The summed E-state index contributed by atoms with van der Waals surface area (Å²) in [4.78, 5) is 11.9. The first kappa shape index (κ1) is 16.1. The molecule has 0 unspecified atom stereocenters. The van der Waals surface area contributed by atoms with Crippen LogP contribution in [-0.2, 0) is 4.74 Å². The van der Waals surface area contributed by atoms with Crippen LogP contribution in [0.1, 0.15) is 48.9 Å². The first-order chi connectivity index (χ1) is 10.2. The summed E-state index contributed by atoms with van der Waals surface area (Å²) < 4.78 is 5.79. The molecule has 5 heteroatoms. The summed E-state index contributed by atoms with van der Waals surface area (Å²) in [6.07, 6.45) is 7.31. The Balaban J connectivity index is 1.66. The highest BCUT2D eigenvalue weighted by atomic mass is 35.5. The third-order valence-corrected chi connectivity index (χ3v) is 3.95. The van der Waals surface area contributed by atoms with Gasteiger partial charge in [0, 0.05) is 18.2 Å². The van der Waals surface area contributed by atoms with Crippen LogP contribution in [-0.4, -0.2) is 30.3 Å². The molecular formula is C16H22ClNO3. The minimum atomic E-state index is -0.312. The number of ether oxygens (including phenoxy) is 1. The van der Waals surface area contributed by atoms with Crippen LogP contribution in [0.4, 0.5) is 0 Å². The minimum Gasteiger partial charge on any atom is -0.507 e. The van der Waals surface area contributed by atoms with Crippen LogP contribution in [0, 0.1) is 0 Å². The molecule has 1 amide bonds. The Bertz CT molecular complexity index is 473. The highest BCUT2D eigenvalue weighted by Crippen LogP contribution is 2.21. The highest BCUT2D eigenvalue weighted by molar-refractivity contribution is 6.31. The van der Waals surface area contributed by atoms with Crippen molar-refractivity contribution in [1.82, 2.24) is 5.32 Å². The van der Waals surface area contributed by atoms with Gasteiger partial charge >= 0.3 is 0 Å². The normalized spacial score (nSPS) is 15.9. The van der Waals surface area contributed by atoms with Crippen molar-refractivity contribution in [1.29, 1.82) is 0 Å². The van der Waals surface area contributed by atoms with Crippen LogP contribution in [0.2, 0.25) is 5.02 Å². The molecule has 1 fully saturated rings. The third kappa shape index (κ3) is 5.21. The maximum Gasteiger partial charge on any atom is 0.255 e. The van der Waals surface area contributed by atoms with Gasteiger partial charge in [0.15, 0.2) is 0 Å². The van der Waals surface area contributed by atoms with E-state index in [0.717, 1.165) is 19.3 Å². The van der Waals surface area contributed by atoms with E-state index in [0.29, 0.717) is 24.3 Å². The molecule has 1 aromatic rings. The summed E-state index contributed by atoms with van der Waals surface area (Å²) >= 11 is 5.82. The van der Waals surface area contributed by atoms with E-state index in [4.69, 9.17) is 16.3 Å². The first-order valence-corrected chi connectivity index (χ1v) is 7.93. The molecule has 0 aromatic heterocycles. The van der Waals surface area contributed by atoms with Gasteiger partial charge in [0.25, 0.3) is 5.91 Å². The number of aromatic hydroxyl groups is 1. The molecule has 0 spiro atoms. The zero-order valence-electron chi connectivity index (χ0n) is 12.1. The van der Waals surface area contributed by atoms with E-state index in [9.17, 15) is 9.90 Å². The maximum atomic E-state index is 11.9. The van der Waals surface area contributed by atoms with Crippen molar-refractivity contribution >= 4 is 17.5 Å². The standard InChI is InChI=1S/C16H22ClNO3/c17-12-7-8-15(19)14(11-12)16(20)18-9-4-10-21-13-5-2-1-3-6-13/h7-8,11,13,19H,1-6,9-10H2,(H,18,20). The van der Waals surface area contributed by atoms with E-state index in [1.807, 2.05) is 0 Å². The lowest BCUT2D eigenvalue weighted by molar-refractivity contribution is 0.0273. The summed E-state index contributed by atoms with van der Waals surface area (Å²) in [6.45, 7) is 1.18. The number of rotatable bonds is 6. The highest BCUT2D eigenvalue weighted by Gasteiger charge is 2.14. The fourth-order valence-corrected chi connectivity index (χ4v) is 2.71. The number of carbonyl (C=O) groups is 1. The number of phenolic OH excluding ortho intramolecular Hbond substituents is 1. The topological polar surface area (TPSA) is 58.6 Å². The van der Waals surface area contributed by atoms with Crippen molar-refractivity contribution in [2.75, 3.05) is 13.2 Å². The van der Waals surface area contributed by atoms with Gasteiger partial charge in [0.1, 0.15) is 5.75 Å². The number of hydrogen-bond acceptors (Lipinski definition) is 3.